The number of rotatable bonds is 10. The van der Waals surface area contributed by atoms with Crippen molar-refractivity contribution in [3.63, 3.8) is 0 Å². The number of aromatic nitrogens is 4. The molecule has 166 valence electrons. The molecule has 7 nitrogen and oxygen atoms in total. The average molecular weight is 425 g/mol. The fourth-order valence-corrected chi connectivity index (χ4v) is 4.37. The Morgan fingerprint density at radius 3 is 2.74 bits per heavy atom. The first-order chi connectivity index (χ1) is 15.1. The van der Waals surface area contributed by atoms with Gasteiger partial charge in [-0.2, -0.15) is 5.10 Å². The lowest BCUT2D eigenvalue weighted by molar-refractivity contribution is 0.174. The first kappa shape index (κ1) is 21.4. The van der Waals surface area contributed by atoms with Gasteiger partial charge in [0.25, 0.3) is 5.56 Å². The van der Waals surface area contributed by atoms with Crippen molar-refractivity contribution in [3.05, 3.63) is 45.6 Å². The van der Waals surface area contributed by atoms with Gasteiger partial charge < -0.3 is 14.5 Å². The molecule has 0 aliphatic carbocycles. The molecule has 1 aromatic carbocycles. The van der Waals surface area contributed by atoms with Crippen LogP contribution < -0.4 is 15.0 Å². The summed E-state index contributed by atoms with van der Waals surface area (Å²) in [6.45, 7) is 6.57. The van der Waals surface area contributed by atoms with E-state index in [1.807, 2.05) is 29.8 Å². The van der Waals surface area contributed by atoms with Gasteiger partial charge in [0, 0.05) is 6.42 Å². The molecule has 1 atom stereocenters. The summed E-state index contributed by atoms with van der Waals surface area (Å²) in [5, 5.41) is 5.36. The Labute approximate surface area is 182 Å². The molecule has 0 amide bonds. The van der Waals surface area contributed by atoms with Crippen LogP contribution in [0, 0.1) is 6.92 Å². The van der Waals surface area contributed by atoms with Crippen molar-refractivity contribution >= 4 is 11.0 Å². The van der Waals surface area contributed by atoms with E-state index in [1.54, 1.807) is 0 Å². The van der Waals surface area contributed by atoms with Gasteiger partial charge in [-0.3, -0.25) is 4.79 Å². The van der Waals surface area contributed by atoms with Gasteiger partial charge in [-0.25, -0.2) is 9.67 Å². The molecular formula is C24H32N4O3. The number of ether oxygens (including phenoxy) is 2. The second kappa shape index (κ2) is 9.54. The van der Waals surface area contributed by atoms with Crippen LogP contribution in [0.5, 0.6) is 11.5 Å². The maximum Gasteiger partial charge on any atom is 0.262 e. The van der Waals surface area contributed by atoms with E-state index < -0.39 is 0 Å². The zero-order chi connectivity index (χ0) is 21.8. The molecule has 2 aromatic heterocycles. The Hall–Kier alpha value is -2.83. The van der Waals surface area contributed by atoms with Crippen LogP contribution in [-0.4, -0.2) is 26.5 Å². The molecule has 3 heterocycles. The van der Waals surface area contributed by atoms with Crippen LogP contribution in [0.15, 0.2) is 23.0 Å². The van der Waals surface area contributed by atoms with Crippen LogP contribution in [0.3, 0.4) is 0 Å². The van der Waals surface area contributed by atoms with Gasteiger partial charge in [-0.1, -0.05) is 52.0 Å². The summed E-state index contributed by atoms with van der Waals surface area (Å²) in [4.78, 5) is 20.7. The number of benzene rings is 1. The van der Waals surface area contributed by atoms with Gasteiger partial charge in [0.15, 0.2) is 17.1 Å². The lowest BCUT2D eigenvalue weighted by Gasteiger charge is -2.17. The minimum atomic E-state index is -0.120. The molecule has 31 heavy (non-hydrogen) atoms. The van der Waals surface area contributed by atoms with Gasteiger partial charge in [-0.05, 0) is 37.5 Å². The molecule has 0 saturated carbocycles. The third kappa shape index (κ3) is 4.60. The van der Waals surface area contributed by atoms with E-state index in [-0.39, 0.29) is 18.4 Å². The van der Waals surface area contributed by atoms with Crippen molar-refractivity contribution in [1.82, 2.24) is 19.7 Å². The number of nitrogens with zero attached hydrogens (tertiary/aromatic N) is 3. The molecule has 0 spiro atoms. The third-order valence-corrected chi connectivity index (χ3v) is 5.95. The summed E-state index contributed by atoms with van der Waals surface area (Å²) in [5.41, 5.74) is 2.34. The van der Waals surface area contributed by atoms with Gasteiger partial charge >= 0.3 is 0 Å². The van der Waals surface area contributed by atoms with Crippen molar-refractivity contribution in [1.29, 1.82) is 0 Å². The predicted octanol–water partition coefficient (Wildman–Crippen LogP) is 5.06. The standard InChI is InChI=1S/C24H32N4O3/c1-4-6-7-8-10-18(9-5-2)28-23-22(16(3)27-28)24(29)26-21(25-23)14-17-11-12-19-20(13-17)31-15-30-19/h11-13,18H,4-10,14-15H2,1-3H3,(H,25,26,29). The normalized spacial score (nSPS) is 13.8. The molecule has 0 bridgehead atoms. The second-order valence-corrected chi connectivity index (χ2v) is 8.40. The highest BCUT2D eigenvalue weighted by molar-refractivity contribution is 5.77. The monoisotopic (exact) mass is 424 g/mol. The Morgan fingerprint density at radius 1 is 1.10 bits per heavy atom. The quantitative estimate of drug-likeness (QED) is 0.460. The van der Waals surface area contributed by atoms with E-state index in [1.165, 1.54) is 25.7 Å². The van der Waals surface area contributed by atoms with Gasteiger partial charge in [0.05, 0.1) is 11.7 Å². The Balaban J connectivity index is 1.65. The largest absolute Gasteiger partial charge is 0.454 e. The lowest BCUT2D eigenvalue weighted by atomic mass is 10.0. The van der Waals surface area contributed by atoms with E-state index in [0.29, 0.717) is 23.3 Å². The molecule has 7 heteroatoms. The van der Waals surface area contributed by atoms with Crippen LogP contribution in [0.25, 0.3) is 11.0 Å². The molecule has 0 saturated heterocycles. The second-order valence-electron chi connectivity index (χ2n) is 8.40. The molecule has 3 aromatic rings. The van der Waals surface area contributed by atoms with E-state index in [0.717, 1.165) is 42.0 Å². The van der Waals surface area contributed by atoms with E-state index in [4.69, 9.17) is 19.6 Å². The summed E-state index contributed by atoms with van der Waals surface area (Å²) < 4.78 is 12.9. The van der Waals surface area contributed by atoms with E-state index in [2.05, 4.69) is 18.8 Å². The zero-order valence-corrected chi connectivity index (χ0v) is 18.7. The highest BCUT2D eigenvalue weighted by Crippen LogP contribution is 2.33. The van der Waals surface area contributed by atoms with Crippen molar-refractivity contribution < 1.29 is 9.47 Å². The van der Waals surface area contributed by atoms with Crippen molar-refractivity contribution in [2.75, 3.05) is 6.79 Å². The molecule has 0 fully saturated rings. The summed E-state index contributed by atoms with van der Waals surface area (Å²) >= 11 is 0. The minimum Gasteiger partial charge on any atom is -0.454 e. The number of H-pyrrole nitrogens is 1. The molecule has 1 aliphatic heterocycles. The summed E-state index contributed by atoms with van der Waals surface area (Å²) in [6, 6.07) is 6.10. The number of hydrogen-bond acceptors (Lipinski definition) is 5. The first-order valence-corrected chi connectivity index (χ1v) is 11.5. The van der Waals surface area contributed by atoms with Crippen LogP contribution in [0.1, 0.15) is 81.9 Å². The number of hydrogen-bond donors (Lipinski definition) is 1. The fraction of sp³-hybridized carbons (Fsp3) is 0.542. The highest BCUT2D eigenvalue weighted by atomic mass is 16.7. The molecule has 0 radical (unpaired) electrons. The van der Waals surface area contributed by atoms with Crippen LogP contribution in [0.2, 0.25) is 0 Å². The summed E-state index contributed by atoms with van der Waals surface area (Å²) in [6.07, 6.45) is 8.58. The number of fused-ring (bicyclic) bond motifs is 2. The number of aromatic amines is 1. The van der Waals surface area contributed by atoms with Crippen LogP contribution in [-0.2, 0) is 6.42 Å². The van der Waals surface area contributed by atoms with Crippen LogP contribution in [0.4, 0.5) is 0 Å². The minimum absolute atomic E-state index is 0.120. The topological polar surface area (TPSA) is 82.0 Å². The number of aryl methyl sites for hydroxylation is 1. The van der Waals surface area contributed by atoms with E-state index >= 15 is 0 Å². The highest BCUT2D eigenvalue weighted by Gasteiger charge is 2.20. The van der Waals surface area contributed by atoms with E-state index in [9.17, 15) is 4.79 Å². The van der Waals surface area contributed by atoms with Gasteiger partial charge in [0.1, 0.15) is 11.2 Å². The Morgan fingerprint density at radius 2 is 1.94 bits per heavy atom. The summed E-state index contributed by atoms with van der Waals surface area (Å²) in [5.74, 6) is 2.12. The third-order valence-electron chi connectivity index (χ3n) is 5.95. The Kier molecular flexibility index (Phi) is 6.59. The zero-order valence-electron chi connectivity index (χ0n) is 18.7. The molecule has 1 N–H and O–H groups in total. The lowest BCUT2D eigenvalue weighted by Crippen LogP contribution is -2.16. The van der Waals surface area contributed by atoms with Crippen molar-refractivity contribution in [3.8, 4) is 11.5 Å². The molecular weight excluding hydrogens is 392 g/mol. The molecule has 1 aliphatic rings. The van der Waals surface area contributed by atoms with Crippen molar-refractivity contribution in [2.45, 2.75) is 78.2 Å². The van der Waals surface area contributed by atoms with Crippen LogP contribution >= 0.6 is 0 Å². The fourth-order valence-electron chi connectivity index (χ4n) is 4.37. The number of nitrogens with one attached hydrogen (secondary N) is 1. The maximum atomic E-state index is 12.9. The maximum absolute atomic E-state index is 12.9. The first-order valence-electron chi connectivity index (χ1n) is 11.5. The summed E-state index contributed by atoms with van der Waals surface area (Å²) in [7, 11) is 0. The van der Waals surface area contributed by atoms with Crippen molar-refractivity contribution in [2.24, 2.45) is 0 Å². The van der Waals surface area contributed by atoms with Gasteiger partial charge in [0.2, 0.25) is 6.79 Å². The number of unbranched alkanes of at least 4 members (excludes halogenated alkanes) is 3. The predicted molar refractivity (Wildman–Crippen MR) is 121 cm³/mol. The molecule has 1 unspecified atom stereocenters. The Bertz CT molecular complexity index is 1100. The SMILES string of the molecule is CCCCCCC(CCC)n1nc(C)c2c(=O)[nH]c(Cc3ccc4c(c3)OCO4)nc21. The molecule has 4 rings (SSSR count). The smallest absolute Gasteiger partial charge is 0.262 e. The van der Waals surface area contributed by atoms with Gasteiger partial charge in [-0.15, -0.1) is 0 Å². The average Bonchev–Trinajstić information content (AvgIpc) is 3.34.